The van der Waals surface area contributed by atoms with E-state index in [0.717, 1.165) is 38.3 Å². The van der Waals surface area contributed by atoms with Gasteiger partial charge in [0.25, 0.3) is 0 Å². The van der Waals surface area contributed by atoms with Crippen molar-refractivity contribution in [1.82, 2.24) is 9.80 Å². The van der Waals surface area contributed by atoms with E-state index in [1.54, 1.807) is 23.5 Å². The largest absolute Gasteiger partial charge is 0.322 e. The monoisotopic (exact) mass is 397 g/mol. The summed E-state index contributed by atoms with van der Waals surface area (Å²) in [5.74, 6) is -0.554. The number of nitrogens with zero attached hydrogens (tertiary/aromatic N) is 2. The smallest absolute Gasteiger partial charge is 0.238 e. The van der Waals surface area contributed by atoms with Crippen LogP contribution in [0.5, 0.6) is 0 Å². The lowest BCUT2D eigenvalue weighted by molar-refractivity contribution is -0.117. The maximum atomic E-state index is 13.9. The van der Waals surface area contributed by atoms with Crippen molar-refractivity contribution >= 4 is 33.0 Å². The number of hydrogen-bond acceptors (Lipinski definition) is 4. The highest BCUT2D eigenvalue weighted by atomic mass is 32.1. The third-order valence-electron chi connectivity index (χ3n) is 5.19. The molecule has 3 aromatic rings. The van der Waals surface area contributed by atoms with E-state index in [0.29, 0.717) is 6.54 Å². The summed E-state index contributed by atoms with van der Waals surface area (Å²) in [6.07, 6.45) is 0. The average Bonchev–Trinajstić information content (AvgIpc) is 3.09. The number of halogens is 1. The van der Waals surface area contributed by atoms with Crippen LogP contribution < -0.4 is 5.32 Å². The first-order chi connectivity index (χ1) is 13.6. The van der Waals surface area contributed by atoms with Gasteiger partial charge in [-0.05, 0) is 47.0 Å². The van der Waals surface area contributed by atoms with Crippen LogP contribution in [0.2, 0.25) is 0 Å². The second-order valence-corrected chi connectivity index (χ2v) is 8.25. The lowest BCUT2D eigenvalue weighted by Crippen LogP contribution is -2.48. The van der Waals surface area contributed by atoms with Gasteiger partial charge < -0.3 is 5.32 Å². The molecule has 6 heteroatoms. The predicted octanol–water partition coefficient (Wildman–Crippen LogP) is 4.11. The van der Waals surface area contributed by atoms with Gasteiger partial charge in [-0.1, -0.05) is 24.3 Å². The molecule has 1 N–H and O–H groups in total. The van der Waals surface area contributed by atoms with Crippen LogP contribution in [0.1, 0.15) is 11.1 Å². The zero-order chi connectivity index (χ0) is 19.5. The second kappa shape index (κ2) is 8.39. The lowest BCUT2D eigenvalue weighted by atomic mass is 10.1. The number of aryl methyl sites for hydroxylation is 1. The Balaban J connectivity index is 1.27. The fourth-order valence-electron chi connectivity index (χ4n) is 3.62. The molecule has 0 atom stereocenters. The SMILES string of the molecule is Cc1ccc(NC(=O)CN2CCN(Cc3csc4ccccc34)CC2)c(F)c1. The van der Waals surface area contributed by atoms with Gasteiger partial charge in [-0.25, -0.2) is 4.39 Å². The highest BCUT2D eigenvalue weighted by molar-refractivity contribution is 7.17. The number of anilines is 1. The van der Waals surface area contributed by atoms with Crippen molar-refractivity contribution in [3.8, 4) is 0 Å². The van der Waals surface area contributed by atoms with Crippen LogP contribution in [0.3, 0.4) is 0 Å². The maximum absolute atomic E-state index is 13.9. The van der Waals surface area contributed by atoms with Crippen LogP contribution in [0, 0.1) is 12.7 Å². The number of fused-ring (bicyclic) bond motifs is 1. The molecule has 2 aromatic carbocycles. The maximum Gasteiger partial charge on any atom is 0.238 e. The molecule has 0 aliphatic carbocycles. The molecule has 0 radical (unpaired) electrons. The van der Waals surface area contributed by atoms with Gasteiger partial charge in [-0.15, -0.1) is 11.3 Å². The Hall–Kier alpha value is -2.28. The molecule has 146 valence electrons. The summed E-state index contributed by atoms with van der Waals surface area (Å²) >= 11 is 1.79. The van der Waals surface area contributed by atoms with E-state index >= 15 is 0 Å². The molecule has 0 spiro atoms. The van der Waals surface area contributed by atoms with Crippen molar-refractivity contribution in [2.75, 3.05) is 38.0 Å². The fourth-order valence-corrected chi connectivity index (χ4v) is 4.57. The number of carbonyl (C=O) groups excluding carboxylic acids is 1. The van der Waals surface area contributed by atoms with Crippen molar-refractivity contribution < 1.29 is 9.18 Å². The van der Waals surface area contributed by atoms with Crippen molar-refractivity contribution in [3.63, 3.8) is 0 Å². The normalized spacial score (nSPS) is 15.8. The van der Waals surface area contributed by atoms with E-state index in [4.69, 9.17) is 0 Å². The topological polar surface area (TPSA) is 35.6 Å². The molecular weight excluding hydrogens is 373 g/mol. The van der Waals surface area contributed by atoms with E-state index in [2.05, 4.69) is 44.8 Å². The van der Waals surface area contributed by atoms with E-state index in [1.165, 1.54) is 21.7 Å². The van der Waals surface area contributed by atoms with Crippen molar-refractivity contribution in [1.29, 1.82) is 0 Å². The van der Waals surface area contributed by atoms with Gasteiger partial charge >= 0.3 is 0 Å². The molecule has 1 saturated heterocycles. The number of carbonyl (C=O) groups is 1. The molecule has 1 aliphatic rings. The van der Waals surface area contributed by atoms with Crippen LogP contribution in [-0.4, -0.2) is 48.4 Å². The van der Waals surface area contributed by atoms with Crippen molar-refractivity contribution in [3.05, 3.63) is 64.8 Å². The molecule has 4 nitrogen and oxygen atoms in total. The number of hydrogen-bond donors (Lipinski definition) is 1. The van der Waals surface area contributed by atoms with Gasteiger partial charge in [0.05, 0.1) is 12.2 Å². The zero-order valence-electron chi connectivity index (χ0n) is 16.0. The first kappa shape index (κ1) is 19.1. The van der Waals surface area contributed by atoms with E-state index in [1.807, 2.05) is 6.92 Å². The number of benzene rings is 2. The number of nitrogens with one attached hydrogen (secondary N) is 1. The third kappa shape index (κ3) is 4.41. The predicted molar refractivity (Wildman–Crippen MR) is 113 cm³/mol. The van der Waals surface area contributed by atoms with Gasteiger partial charge in [0.1, 0.15) is 5.82 Å². The summed E-state index contributed by atoms with van der Waals surface area (Å²) in [5, 5.41) is 6.28. The van der Waals surface area contributed by atoms with E-state index in [9.17, 15) is 9.18 Å². The second-order valence-electron chi connectivity index (χ2n) is 7.34. The van der Waals surface area contributed by atoms with Crippen LogP contribution in [0.4, 0.5) is 10.1 Å². The summed E-state index contributed by atoms with van der Waals surface area (Å²) < 4.78 is 15.2. The van der Waals surface area contributed by atoms with Crippen molar-refractivity contribution in [2.24, 2.45) is 0 Å². The number of piperazine rings is 1. The van der Waals surface area contributed by atoms with Crippen LogP contribution in [0.15, 0.2) is 47.8 Å². The lowest BCUT2D eigenvalue weighted by Gasteiger charge is -2.34. The first-order valence-electron chi connectivity index (χ1n) is 9.54. The quantitative estimate of drug-likeness (QED) is 0.704. The summed E-state index contributed by atoms with van der Waals surface area (Å²) in [6, 6.07) is 13.4. The molecule has 1 amide bonds. The van der Waals surface area contributed by atoms with Gasteiger partial charge in [0.15, 0.2) is 0 Å². The Labute approximate surface area is 168 Å². The standard InChI is InChI=1S/C22H24FN3OS/c1-16-6-7-20(19(23)12-16)24-22(27)14-26-10-8-25(9-11-26)13-17-15-28-21-5-3-2-4-18(17)21/h2-7,12,15H,8-11,13-14H2,1H3,(H,24,27). The Morgan fingerprint density at radius 1 is 1.11 bits per heavy atom. The average molecular weight is 398 g/mol. The molecule has 4 rings (SSSR count). The van der Waals surface area contributed by atoms with E-state index < -0.39 is 0 Å². The molecule has 1 aromatic heterocycles. The zero-order valence-corrected chi connectivity index (χ0v) is 16.8. The van der Waals surface area contributed by atoms with Gasteiger partial charge in [-0.2, -0.15) is 0 Å². The minimum atomic E-state index is -0.388. The van der Waals surface area contributed by atoms with Crippen LogP contribution in [0.25, 0.3) is 10.1 Å². The fraction of sp³-hybridized carbons (Fsp3) is 0.318. The van der Waals surface area contributed by atoms with Crippen LogP contribution in [-0.2, 0) is 11.3 Å². The van der Waals surface area contributed by atoms with Crippen molar-refractivity contribution in [2.45, 2.75) is 13.5 Å². The summed E-state index contributed by atoms with van der Waals surface area (Å²) in [5.41, 5.74) is 2.46. The van der Waals surface area contributed by atoms with Gasteiger partial charge in [-0.3, -0.25) is 14.6 Å². The number of amides is 1. The molecular formula is C22H24FN3OS. The third-order valence-corrected chi connectivity index (χ3v) is 6.20. The highest BCUT2D eigenvalue weighted by Gasteiger charge is 2.20. The van der Waals surface area contributed by atoms with Gasteiger partial charge in [0.2, 0.25) is 5.91 Å². The molecule has 0 bridgehead atoms. The first-order valence-corrected chi connectivity index (χ1v) is 10.4. The Kier molecular flexibility index (Phi) is 5.71. The number of rotatable bonds is 5. The molecule has 2 heterocycles. The van der Waals surface area contributed by atoms with E-state index in [-0.39, 0.29) is 17.4 Å². The Morgan fingerprint density at radius 3 is 2.64 bits per heavy atom. The Bertz CT molecular complexity index is 979. The highest BCUT2D eigenvalue weighted by Crippen LogP contribution is 2.27. The van der Waals surface area contributed by atoms with Gasteiger partial charge in [0, 0.05) is 37.4 Å². The molecule has 0 unspecified atom stereocenters. The Morgan fingerprint density at radius 2 is 1.86 bits per heavy atom. The number of thiophene rings is 1. The summed E-state index contributed by atoms with van der Waals surface area (Å²) in [4.78, 5) is 16.8. The minimum Gasteiger partial charge on any atom is -0.322 e. The van der Waals surface area contributed by atoms with Crippen LogP contribution >= 0.6 is 11.3 Å². The summed E-state index contributed by atoms with van der Waals surface area (Å²) in [6.45, 7) is 6.60. The molecule has 1 fully saturated rings. The minimum absolute atomic E-state index is 0.167. The molecule has 0 saturated carbocycles. The molecule has 1 aliphatic heterocycles. The molecule has 28 heavy (non-hydrogen) atoms. The summed E-state index contributed by atoms with van der Waals surface area (Å²) in [7, 11) is 0.